The molecule has 242 valence electrons. The number of piperidine rings is 1. The number of rotatable bonds is 11. The predicted octanol–water partition coefficient (Wildman–Crippen LogP) is 6.07. The molecule has 2 saturated heterocycles. The highest BCUT2D eigenvalue weighted by atomic mass is 32.2. The lowest BCUT2D eigenvalue weighted by Crippen LogP contribution is -2.54. The van der Waals surface area contributed by atoms with Gasteiger partial charge in [0, 0.05) is 44.2 Å². The molecule has 7 nitrogen and oxygen atoms in total. The van der Waals surface area contributed by atoms with E-state index in [0.29, 0.717) is 34.6 Å². The van der Waals surface area contributed by atoms with Gasteiger partial charge < -0.3 is 15.1 Å². The summed E-state index contributed by atoms with van der Waals surface area (Å²) in [4.78, 5) is 17.6. The molecule has 3 aromatic carbocycles. The number of nitrogens with zero attached hydrogens (tertiary/aromatic N) is 3. The summed E-state index contributed by atoms with van der Waals surface area (Å²) in [5, 5.41) is 14.2. The number of hydrogen-bond acceptors (Lipinski definition) is 6. The van der Waals surface area contributed by atoms with Crippen LogP contribution in [0.3, 0.4) is 0 Å². The van der Waals surface area contributed by atoms with Gasteiger partial charge in [-0.25, -0.2) is 8.42 Å². The molecule has 3 fully saturated rings. The number of sulfone groups is 1. The molecule has 0 bridgehead atoms. The third-order valence-electron chi connectivity index (χ3n) is 10.8. The molecule has 6 rings (SSSR count). The van der Waals surface area contributed by atoms with E-state index in [9.17, 15) is 18.5 Å². The van der Waals surface area contributed by atoms with E-state index in [2.05, 4.69) is 45.5 Å². The van der Waals surface area contributed by atoms with Gasteiger partial charge in [-0.3, -0.25) is 4.79 Å². The smallest absolute Gasteiger partial charge is 0.219 e. The van der Waals surface area contributed by atoms with Gasteiger partial charge >= 0.3 is 0 Å². The SMILES string of the molecule is CCC(=O)NC[C@H]1CCC[C@@H]1C(C#N)(c1ccccc1)C1CCN(CC2CN(c3ccc(S(=O)(=O)c4ccccc4)cc3)C2)CC1. The molecule has 0 aromatic heterocycles. The van der Waals surface area contributed by atoms with Crippen LogP contribution in [0.4, 0.5) is 5.69 Å². The number of hydrogen-bond donors (Lipinski definition) is 1. The standard InChI is InChI=1S/C38H46N4O3S/c1-2-37(43)40-24-30-10-9-15-36(30)38(28-39,31-11-5-3-6-12-31)32-20-22-41(23-21-32)25-29-26-42(27-29)33-16-18-35(19-17-33)46(44,45)34-13-7-4-8-14-34/h3-8,11-14,16-19,29-30,32,36H,2,9-10,15,20-27H2,1H3,(H,40,43)/t30-,36+,38?/m1/s1. The lowest BCUT2D eigenvalue weighted by Gasteiger charge is -2.48. The fraction of sp³-hybridized carbons (Fsp3) is 0.474. The first-order valence-electron chi connectivity index (χ1n) is 17.0. The summed E-state index contributed by atoms with van der Waals surface area (Å²) in [6.07, 6.45) is 5.69. The molecule has 2 aliphatic heterocycles. The van der Waals surface area contributed by atoms with Crippen molar-refractivity contribution in [1.82, 2.24) is 10.2 Å². The summed E-state index contributed by atoms with van der Waals surface area (Å²) < 4.78 is 25.9. The minimum atomic E-state index is -3.51. The van der Waals surface area contributed by atoms with Crippen LogP contribution in [-0.2, 0) is 20.0 Å². The molecular weight excluding hydrogens is 593 g/mol. The van der Waals surface area contributed by atoms with Gasteiger partial charge in [0.1, 0.15) is 0 Å². The Kier molecular flexibility index (Phi) is 9.81. The predicted molar refractivity (Wildman–Crippen MR) is 181 cm³/mol. The van der Waals surface area contributed by atoms with Gasteiger partial charge in [0.2, 0.25) is 15.7 Å². The first-order chi connectivity index (χ1) is 22.3. The molecule has 3 atom stereocenters. The second kappa shape index (κ2) is 14.0. The first kappa shape index (κ1) is 32.3. The Balaban J connectivity index is 1.06. The van der Waals surface area contributed by atoms with E-state index >= 15 is 0 Å². The molecule has 1 unspecified atom stereocenters. The number of likely N-dealkylation sites (tertiary alicyclic amines) is 1. The van der Waals surface area contributed by atoms with Crippen LogP contribution in [0, 0.1) is 35.0 Å². The number of nitrogens with one attached hydrogen (secondary N) is 1. The average molecular weight is 639 g/mol. The second-order valence-electron chi connectivity index (χ2n) is 13.5. The van der Waals surface area contributed by atoms with Gasteiger partial charge in [-0.15, -0.1) is 0 Å². The van der Waals surface area contributed by atoms with Crippen molar-refractivity contribution in [2.45, 2.75) is 60.7 Å². The third-order valence-corrected chi connectivity index (χ3v) is 12.6. The number of nitriles is 1. The van der Waals surface area contributed by atoms with Crippen LogP contribution in [0.2, 0.25) is 0 Å². The maximum atomic E-state index is 13.0. The van der Waals surface area contributed by atoms with E-state index in [1.54, 1.807) is 36.4 Å². The second-order valence-corrected chi connectivity index (χ2v) is 15.4. The number of anilines is 1. The Morgan fingerprint density at radius 2 is 1.52 bits per heavy atom. The normalized spacial score (nSPS) is 22.5. The zero-order chi connectivity index (χ0) is 32.1. The lowest BCUT2D eigenvalue weighted by atomic mass is 9.58. The summed E-state index contributed by atoms with van der Waals surface area (Å²) in [5.41, 5.74) is 1.66. The molecule has 0 spiro atoms. The number of carbonyl (C=O) groups excluding carboxylic acids is 1. The van der Waals surface area contributed by atoms with Crippen molar-refractivity contribution in [3.05, 3.63) is 90.5 Å². The van der Waals surface area contributed by atoms with E-state index in [1.807, 2.05) is 31.2 Å². The van der Waals surface area contributed by atoms with E-state index in [-0.39, 0.29) is 17.7 Å². The van der Waals surface area contributed by atoms with Crippen molar-refractivity contribution in [2.24, 2.45) is 23.7 Å². The van der Waals surface area contributed by atoms with Crippen LogP contribution in [0.25, 0.3) is 0 Å². The van der Waals surface area contributed by atoms with Crippen LogP contribution >= 0.6 is 0 Å². The van der Waals surface area contributed by atoms with Crippen molar-refractivity contribution >= 4 is 21.4 Å². The quantitative estimate of drug-likeness (QED) is 0.274. The average Bonchev–Trinajstić information content (AvgIpc) is 3.56. The summed E-state index contributed by atoms with van der Waals surface area (Å²) in [6.45, 7) is 7.51. The van der Waals surface area contributed by atoms with Gasteiger partial charge in [0.05, 0.1) is 21.3 Å². The molecule has 1 amide bonds. The van der Waals surface area contributed by atoms with Crippen molar-refractivity contribution < 1.29 is 13.2 Å². The van der Waals surface area contributed by atoms with Gasteiger partial charge in [-0.1, -0.05) is 61.9 Å². The Bertz CT molecular complexity index is 1610. The minimum absolute atomic E-state index is 0.0869. The Morgan fingerprint density at radius 3 is 2.15 bits per heavy atom. The third kappa shape index (κ3) is 6.45. The summed E-state index contributed by atoms with van der Waals surface area (Å²) in [7, 11) is -3.51. The number of benzene rings is 3. The Morgan fingerprint density at radius 1 is 0.891 bits per heavy atom. The van der Waals surface area contributed by atoms with E-state index < -0.39 is 15.3 Å². The highest BCUT2D eigenvalue weighted by Crippen LogP contribution is 2.52. The van der Waals surface area contributed by atoms with Gasteiger partial charge in [-0.05, 0) is 98.5 Å². The van der Waals surface area contributed by atoms with E-state index in [0.717, 1.165) is 76.1 Å². The highest BCUT2D eigenvalue weighted by molar-refractivity contribution is 7.91. The summed E-state index contributed by atoms with van der Waals surface area (Å²) >= 11 is 0. The maximum Gasteiger partial charge on any atom is 0.219 e. The molecule has 1 aliphatic carbocycles. The Hall–Kier alpha value is -3.67. The van der Waals surface area contributed by atoms with Crippen molar-refractivity contribution in [3.8, 4) is 6.07 Å². The topological polar surface area (TPSA) is 93.5 Å². The van der Waals surface area contributed by atoms with Crippen LogP contribution in [0.1, 0.15) is 51.0 Å². The summed E-state index contributed by atoms with van der Waals surface area (Å²) in [6, 6.07) is 29.3. The zero-order valence-corrected chi connectivity index (χ0v) is 27.7. The monoisotopic (exact) mass is 638 g/mol. The van der Waals surface area contributed by atoms with Crippen LogP contribution < -0.4 is 10.2 Å². The largest absolute Gasteiger partial charge is 0.371 e. The van der Waals surface area contributed by atoms with Crippen molar-refractivity contribution in [2.75, 3.05) is 44.2 Å². The molecule has 2 heterocycles. The molecule has 8 heteroatoms. The van der Waals surface area contributed by atoms with Gasteiger partial charge in [-0.2, -0.15) is 5.26 Å². The van der Waals surface area contributed by atoms with E-state index in [4.69, 9.17) is 0 Å². The number of carbonyl (C=O) groups is 1. The molecule has 0 radical (unpaired) electrons. The van der Waals surface area contributed by atoms with Crippen LogP contribution in [0.5, 0.6) is 0 Å². The van der Waals surface area contributed by atoms with Crippen LogP contribution in [0.15, 0.2) is 94.7 Å². The molecule has 3 aromatic rings. The highest BCUT2D eigenvalue weighted by Gasteiger charge is 2.52. The first-order valence-corrected chi connectivity index (χ1v) is 18.4. The van der Waals surface area contributed by atoms with Gasteiger partial charge in [0.25, 0.3) is 0 Å². The maximum absolute atomic E-state index is 13.0. The lowest BCUT2D eigenvalue weighted by molar-refractivity contribution is -0.121. The molecule has 3 aliphatic rings. The van der Waals surface area contributed by atoms with E-state index in [1.165, 1.54) is 0 Å². The fourth-order valence-electron chi connectivity index (χ4n) is 8.36. The molecule has 1 N–H and O–H groups in total. The van der Waals surface area contributed by atoms with Gasteiger partial charge in [0.15, 0.2) is 0 Å². The molecule has 46 heavy (non-hydrogen) atoms. The number of amides is 1. The Labute approximate surface area is 274 Å². The van der Waals surface area contributed by atoms with Crippen molar-refractivity contribution in [3.63, 3.8) is 0 Å². The molecular formula is C38H46N4O3S. The minimum Gasteiger partial charge on any atom is -0.371 e. The van der Waals surface area contributed by atoms with Crippen LogP contribution in [-0.4, -0.2) is 58.5 Å². The van der Waals surface area contributed by atoms with Crippen molar-refractivity contribution in [1.29, 1.82) is 5.26 Å². The summed E-state index contributed by atoms with van der Waals surface area (Å²) in [5.74, 6) is 1.50. The molecule has 1 saturated carbocycles. The fourth-order valence-corrected chi connectivity index (χ4v) is 9.64. The zero-order valence-electron chi connectivity index (χ0n) is 26.9.